The SMILES string of the molecule is CC(CNC(=O)c1cc(S(=O)(=O)N2CCCC2)ccc1Cl)Cn1cccn1. The van der Waals surface area contributed by atoms with E-state index in [1.165, 1.54) is 22.5 Å². The molecule has 1 aliphatic heterocycles. The molecule has 146 valence electrons. The molecule has 1 amide bonds. The number of benzene rings is 1. The van der Waals surface area contributed by atoms with E-state index in [2.05, 4.69) is 10.4 Å². The second-order valence-electron chi connectivity index (χ2n) is 6.80. The second-order valence-corrected chi connectivity index (χ2v) is 9.14. The summed E-state index contributed by atoms with van der Waals surface area (Å²) < 4.78 is 28.7. The molecule has 1 unspecified atom stereocenters. The van der Waals surface area contributed by atoms with Crippen LogP contribution in [0, 0.1) is 5.92 Å². The van der Waals surface area contributed by atoms with Crippen molar-refractivity contribution in [2.24, 2.45) is 5.92 Å². The Morgan fingerprint density at radius 3 is 2.74 bits per heavy atom. The lowest BCUT2D eigenvalue weighted by molar-refractivity contribution is 0.0946. The number of halogens is 1. The van der Waals surface area contributed by atoms with Gasteiger partial charge in [-0.05, 0) is 43.0 Å². The highest BCUT2D eigenvalue weighted by Gasteiger charge is 2.28. The molecule has 0 aliphatic carbocycles. The Morgan fingerprint density at radius 2 is 2.07 bits per heavy atom. The average molecular weight is 411 g/mol. The molecule has 1 N–H and O–H groups in total. The van der Waals surface area contributed by atoms with Crippen LogP contribution < -0.4 is 5.32 Å². The van der Waals surface area contributed by atoms with Crippen molar-refractivity contribution in [3.8, 4) is 0 Å². The zero-order valence-corrected chi connectivity index (χ0v) is 16.7. The number of nitrogens with one attached hydrogen (secondary N) is 1. The van der Waals surface area contributed by atoms with Crippen LogP contribution in [0.25, 0.3) is 0 Å². The fourth-order valence-electron chi connectivity index (χ4n) is 3.07. The first kappa shape index (κ1) is 19.9. The first-order valence-corrected chi connectivity index (χ1v) is 10.7. The van der Waals surface area contributed by atoms with Gasteiger partial charge in [-0.2, -0.15) is 9.40 Å². The molecule has 1 saturated heterocycles. The summed E-state index contributed by atoms with van der Waals surface area (Å²) in [4.78, 5) is 12.6. The summed E-state index contributed by atoms with van der Waals surface area (Å²) in [7, 11) is -3.59. The van der Waals surface area contributed by atoms with E-state index in [-0.39, 0.29) is 27.3 Å². The van der Waals surface area contributed by atoms with E-state index in [0.29, 0.717) is 26.2 Å². The van der Waals surface area contributed by atoms with Crippen molar-refractivity contribution >= 4 is 27.5 Å². The summed E-state index contributed by atoms with van der Waals surface area (Å²) in [5, 5.41) is 7.20. The third kappa shape index (κ3) is 4.69. The second kappa shape index (κ2) is 8.41. The highest BCUT2D eigenvalue weighted by Crippen LogP contribution is 2.25. The minimum absolute atomic E-state index is 0.100. The summed E-state index contributed by atoms with van der Waals surface area (Å²) in [5.74, 6) is -0.227. The van der Waals surface area contributed by atoms with Gasteiger partial charge in [0, 0.05) is 38.6 Å². The van der Waals surface area contributed by atoms with Crippen LogP contribution in [0.4, 0.5) is 0 Å². The Hall–Kier alpha value is -1.90. The predicted octanol–water partition coefficient (Wildman–Crippen LogP) is 2.39. The molecule has 1 aromatic carbocycles. The first-order valence-electron chi connectivity index (χ1n) is 8.93. The van der Waals surface area contributed by atoms with Crippen molar-refractivity contribution in [2.75, 3.05) is 19.6 Å². The van der Waals surface area contributed by atoms with Crippen molar-refractivity contribution in [1.82, 2.24) is 19.4 Å². The summed E-state index contributed by atoms with van der Waals surface area (Å²) in [5.41, 5.74) is 0.170. The van der Waals surface area contributed by atoms with E-state index in [0.717, 1.165) is 12.8 Å². The highest BCUT2D eigenvalue weighted by molar-refractivity contribution is 7.89. The zero-order chi connectivity index (χ0) is 19.4. The van der Waals surface area contributed by atoms with Crippen LogP contribution in [0.2, 0.25) is 5.02 Å². The number of nitrogens with zero attached hydrogens (tertiary/aromatic N) is 3. The van der Waals surface area contributed by atoms with Crippen LogP contribution >= 0.6 is 11.6 Å². The normalized spacial score (nSPS) is 16.4. The largest absolute Gasteiger partial charge is 0.352 e. The van der Waals surface area contributed by atoms with Crippen LogP contribution in [0.1, 0.15) is 30.1 Å². The fourth-order valence-corrected chi connectivity index (χ4v) is 4.82. The van der Waals surface area contributed by atoms with Gasteiger partial charge in [0.05, 0.1) is 15.5 Å². The van der Waals surface area contributed by atoms with Crippen LogP contribution in [0.5, 0.6) is 0 Å². The Bertz CT molecular complexity index is 893. The third-order valence-electron chi connectivity index (χ3n) is 4.55. The Morgan fingerprint density at radius 1 is 1.33 bits per heavy atom. The van der Waals surface area contributed by atoms with Gasteiger partial charge in [0.2, 0.25) is 10.0 Å². The lowest BCUT2D eigenvalue weighted by atomic mass is 10.1. The van der Waals surface area contributed by atoms with E-state index in [1.54, 1.807) is 10.9 Å². The standard InChI is InChI=1S/C18H23ClN4O3S/c1-14(13-22-8-4-7-21-22)12-20-18(24)16-11-15(5-6-17(16)19)27(25,26)23-9-2-3-10-23/h4-8,11,14H,2-3,9-10,12-13H2,1H3,(H,20,24). The summed E-state index contributed by atoms with van der Waals surface area (Å²) in [6.45, 7) is 4.12. The molecule has 1 aliphatic rings. The lowest BCUT2D eigenvalue weighted by Crippen LogP contribution is -2.31. The fraction of sp³-hybridized carbons (Fsp3) is 0.444. The molecule has 9 heteroatoms. The molecular weight excluding hydrogens is 388 g/mol. The maximum atomic E-state index is 12.7. The van der Waals surface area contributed by atoms with Crippen LogP contribution in [-0.4, -0.2) is 48.0 Å². The molecule has 0 saturated carbocycles. The van der Waals surface area contributed by atoms with Crippen molar-refractivity contribution < 1.29 is 13.2 Å². The van der Waals surface area contributed by atoms with Gasteiger partial charge >= 0.3 is 0 Å². The number of sulfonamides is 1. The molecule has 27 heavy (non-hydrogen) atoms. The first-order chi connectivity index (χ1) is 12.9. The molecule has 7 nitrogen and oxygen atoms in total. The zero-order valence-electron chi connectivity index (χ0n) is 15.1. The van der Waals surface area contributed by atoms with Crippen molar-refractivity contribution in [2.45, 2.75) is 31.2 Å². The molecule has 0 spiro atoms. The Balaban J connectivity index is 1.69. The molecule has 0 bridgehead atoms. The number of hydrogen-bond donors (Lipinski definition) is 1. The van der Waals surface area contributed by atoms with Crippen LogP contribution in [-0.2, 0) is 16.6 Å². The van der Waals surface area contributed by atoms with Gasteiger partial charge in [-0.15, -0.1) is 0 Å². The van der Waals surface area contributed by atoms with Crippen molar-refractivity contribution in [1.29, 1.82) is 0 Å². The number of carbonyl (C=O) groups excluding carboxylic acids is 1. The molecule has 2 aromatic rings. The van der Waals surface area contributed by atoms with Crippen LogP contribution in [0.3, 0.4) is 0 Å². The van der Waals surface area contributed by atoms with Gasteiger partial charge < -0.3 is 5.32 Å². The maximum Gasteiger partial charge on any atom is 0.252 e. The Kier molecular flexibility index (Phi) is 6.18. The predicted molar refractivity (Wildman–Crippen MR) is 103 cm³/mol. The minimum atomic E-state index is -3.59. The number of amides is 1. The number of aromatic nitrogens is 2. The monoisotopic (exact) mass is 410 g/mol. The molecule has 1 fully saturated rings. The highest BCUT2D eigenvalue weighted by atomic mass is 35.5. The quantitative estimate of drug-likeness (QED) is 0.759. The lowest BCUT2D eigenvalue weighted by Gasteiger charge is -2.17. The number of rotatable bonds is 7. The molecular formula is C18H23ClN4O3S. The van der Waals surface area contributed by atoms with Crippen molar-refractivity contribution in [3.63, 3.8) is 0 Å². The van der Waals surface area contributed by atoms with Gasteiger partial charge in [-0.1, -0.05) is 18.5 Å². The van der Waals surface area contributed by atoms with E-state index in [9.17, 15) is 13.2 Å². The Labute approximate surface area is 164 Å². The number of hydrogen-bond acceptors (Lipinski definition) is 4. The average Bonchev–Trinajstić information content (AvgIpc) is 3.34. The smallest absolute Gasteiger partial charge is 0.252 e. The van der Waals surface area contributed by atoms with E-state index in [4.69, 9.17) is 11.6 Å². The van der Waals surface area contributed by atoms with Crippen molar-refractivity contribution in [3.05, 3.63) is 47.2 Å². The van der Waals surface area contributed by atoms with Gasteiger partial charge in [-0.3, -0.25) is 9.48 Å². The van der Waals surface area contributed by atoms with Gasteiger partial charge in [0.25, 0.3) is 5.91 Å². The number of carbonyl (C=O) groups is 1. The minimum Gasteiger partial charge on any atom is -0.352 e. The molecule has 1 atom stereocenters. The molecule has 1 aromatic heterocycles. The topological polar surface area (TPSA) is 84.3 Å². The van der Waals surface area contributed by atoms with E-state index >= 15 is 0 Å². The third-order valence-corrected chi connectivity index (χ3v) is 6.78. The molecule has 3 rings (SSSR count). The summed E-state index contributed by atoms with van der Waals surface area (Å²) in [6, 6.07) is 6.13. The van der Waals surface area contributed by atoms with Gasteiger partial charge in [0.15, 0.2) is 0 Å². The maximum absolute atomic E-state index is 12.7. The van der Waals surface area contributed by atoms with Crippen LogP contribution in [0.15, 0.2) is 41.6 Å². The van der Waals surface area contributed by atoms with Gasteiger partial charge in [-0.25, -0.2) is 8.42 Å². The summed E-state index contributed by atoms with van der Waals surface area (Å²) in [6.07, 6.45) is 5.28. The summed E-state index contributed by atoms with van der Waals surface area (Å²) >= 11 is 6.15. The van der Waals surface area contributed by atoms with E-state index < -0.39 is 10.0 Å². The van der Waals surface area contributed by atoms with E-state index in [1.807, 2.05) is 19.2 Å². The molecule has 2 heterocycles. The molecule has 0 radical (unpaired) electrons. The van der Waals surface area contributed by atoms with Gasteiger partial charge in [0.1, 0.15) is 0 Å².